The summed E-state index contributed by atoms with van der Waals surface area (Å²) in [5.74, 6) is 0.111. The van der Waals surface area contributed by atoms with Gasteiger partial charge in [-0.15, -0.1) is 0 Å². The number of halogens is 1. The molecule has 0 radical (unpaired) electrons. The first-order valence-electron chi connectivity index (χ1n) is 6.92. The molecule has 0 amide bonds. The molecular formula is C17H15IN2O. The van der Waals surface area contributed by atoms with Gasteiger partial charge in [0.25, 0.3) is 0 Å². The van der Waals surface area contributed by atoms with Crippen molar-refractivity contribution in [2.45, 2.75) is 19.9 Å². The van der Waals surface area contributed by atoms with Crippen LogP contribution in [-0.2, 0) is 13.0 Å². The van der Waals surface area contributed by atoms with Crippen molar-refractivity contribution in [3.8, 4) is 0 Å². The van der Waals surface area contributed by atoms with Crippen LogP contribution in [-0.4, -0.2) is 15.6 Å². The number of para-hydroxylation sites is 1. The molecule has 0 aliphatic heterocycles. The van der Waals surface area contributed by atoms with Crippen molar-refractivity contribution < 1.29 is 4.79 Å². The molecule has 3 nitrogen and oxygen atoms in total. The molecule has 0 spiro atoms. The summed E-state index contributed by atoms with van der Waals surface area (Å²) in [6.45, 7) is 2.86. The van der Waals surface area contributed by atoms with Gasteiger partial charge in [0.15, 0.2) is 5.78 Å². The van der Waals surface area contributed by atoms with Gasteiger partial charge in [-0.1, -0.05) is 30.3 Å². The van der Waals surface area contributed by atoms with Gasteiger partial charge in [0, 0.05) is 21.1 Å². The van der Waals surface area contributed by atoms with Crippen molar-refractivity contribution in [1.82, 2.24) is 9.78 Å². The fourth-order valence-corrected chi connectivity index (χ4v) is 3.03. The highest BCUT2D eigenvalue weighted by molar-refractivity contribution is 14.1. The van der Waals surface area contributed by atoms with E-state index in [9.17, 15) is 4.79 Å². The zero-order chi connectivity index (χ0) is 14.8. The highest BCUT2D eigenvalue weighted by Crippen LogP contribution is 2.20. The van der Waals surface area contributed by atoms with Gasteiger partial charge in [-0.25, -0.2) is 0 Å². The molecule has 0 saturated heterocycles. The molecule has 0 atom stereocenters. The van der Waals surface area contributed by atoms with Crippen LogP contribution in [0.3, 0.4) is 0 Å². The van der Waals surface area contributed by atoms with Crippen LogP contribution in [0.2, 0.25) is 0 Å². The van der Waals surface area contributed by atoms with Crippen LogP contribution in [0.25, 0.3) is 10.9 Å². The van der Waals surface area contributed by atoms with Crippen molar-refractivity contribution in [2.24, 2.45) is 0 Å². The van der Waals surface area contributed by atoms with E-state index < -0.39 is 0 Å². The Morgan fingerprint density at radius 2 is 2.00 bits per heavy atom. The third-order valence-electron chi connectivity index (χ3n) is 3.51. The third kappa shape index (κ3) is 2.85. The maximum atomic E-state index is 12.5. The van der Waals surface area contributed by atoms with Crippen molar-refractivity contribution >= 4 is 39.3 Å². The van der Waals surface area contributed by atoms with E-state index in [0.29, 0.717) is 6.42 Å². The number of Topliss-reactive ketones (excluding diaryl/α,β-unsaturated/α-hetero) is 1. The molecule has 0 aliphatic carbocycles. The predicted molar refractivity (Wildman–Crippen MR) is 92.6 cm³/mol. The standard InChI is InChI=1S/C17H15IN2O/c1-2-20-16-9-4-3-8-14(16)15(19-20)11-17(21)12-6-5-7-13(18)10-12/h3-10H,2,11H2,1H3. The van der Waals surface area contributed by atoms with Crippen LogP contribution in [0.1, 0.15) is 23.0 Å². The van der Waals surface area contributed by atoms with Gasteiger partial charge in [0.05, 0.1) is 17.6 Å². The Labute approximate surface area is 137 Å². The zero-order valence-electron chi connectivity index (χ0n) is 11.7. The maximum absolute atomic E-state index is 12.5. The number of aryl methyl sites for hydroxylation is 1. The SMILES string of the molecule is CCn1nc(CC(=O)c2cccc(I)c2)c2ccccc21. The third-order valence-corrected chi connectivity index (χ3v) is 4.18. The highest BCUT2D eigenvalue weighted by Gasteiger charge is 2.14. The van der Waals surface area contributed by atoms with Gasteiger partial charge in [-0.2, -0.15) is 5.10 Å². The van der Waals surface area contributed by atoms with Crippen molar-refractivity contribution in [3.05, 3.63) is 63.4 Å². The van der Waals surface area contributed by atoms with E-state index in [1.165, 1.54) is 0 Å². The van der Waals surface area contributed by atoms with E-state index in [4.69, 9.17) is 0 Å². The van der Waals surface area contributed by atoms with Gasteiger partial charge in [0.2, 0.25) is 0 Å². The minimum absolute atomic E-state index is 0.111. The van der Waals surface area contributed by atoms with E-state index in [0.717, 1.165) is 32.3 Å². The van der Waals surface area contributed by atoms with Gasteiger partial charge in [-0.3, -0.25) is 9.48 Å². The summed E-state index contributed by atoms with van der Waals surface area (Å²) in [5, 5.41) is 5.66. The molecule has 106 valence electrons. The van der Waals surface area contributed by atoms with Crippen molar-refractivity contribution in [1.29, 1.82) is 0 Å². The molecule has 3 rings (SSSR count). The number of ketones is 1. The smallest absolute Gasteiger partial charge is 0.168 e. The summed E-state index contributed by atoms with van der Waals surface area (Å²) in [7, 11) is 0. The monoisotopic (exact) mass is 390 g/mol. The van der Waals surface area contributed by atoms with Crippen LogP contribution >= 0.6 is 22.6 Å². The fourth-order valence-electron chi connectivity index (χ4n) is 2.48. The van der Waals surface area contributed by atoms with Crippen LogP contribution in [0, 0.1) is 3.57 Å². The second-order valence-electron chi connectivity index (χ2n) is 4.89. The Hall–Kier alpha value is -1.69. The molecule has 2 aromatic carbocycles. The Balaban J connectivity index is 1.97. The number of fused-ring (bicyclic) bond motifs is 1. The molecule has 0 fully saturated rings. The summed E-state index contributed by atoms with van der Waals surface area (Å²) in [6.07, 6.45) is 0.341. The lowest BCUT2D eigenvalue weighted by atomic mass is 10.0. The Bertz CT molecular complexity index is 807. The molecule has 3 aromatic rings. The highest BCUT2D eigenvalue weighted by atomic mass is 127. The maximum Gasteiger partial charge on any atom is 0.168 e. The predicted octanol–water partition coefficient (Wildman–Crippen LogP) is 4.09. The summed E-state index contributed by atoms with van der Waals surface area (Å²) < 4.78 is 3.02. The molecule has 1 aromatic heterocycles. The molecular weight excluding hydrogens is 375 g/mol. The number of nitrogens with zero attached hydrogens (tertiary/aromatic N) is 2. The van der Waals surface area contributed by atoms with Gasteiger partial charge in [-0.05, 0) is 47.7 Å². The summed E-state index contributed by atoms with van der Waals surface area (Å²) in [4.78, 5) is 12.5. The first kappa shape index (κ1) is 14.3. The Morgan fingerprint density at radius 3 is 2.76 bits per heavy atom. The average molecular weight is 390 g/mol. The molecule has 1 heterocycles. The molecule has 0 bridgehead atoms. The first-order valence-corrected chi connectivity index (χ1v) is 8.00. The largest absolute Gasteiger partial charge is 0.294 e. The second-order valence-corrected chi connectivity index (χ2v) is 6.14. The molecule has 0 unspecified atom stereocenters. The minimum Gasteiger partial charge on any atom is -0.294 e. The molecule has 0 aliphatic rings. The molecule has 0 N–H and O–H groups in total. The Morgan fingerprint density at radius 1 is 1.19 bits per heavy atom. The normalized spacial score (nSPS) is 11.0. The first-order chi connectivity index (χ1) is 10.2. The number of aromatic nitrogens is 2. The number of carbonyl (C=O) groups is 1. The topological polar surface area (TPSA) is 34.9 Å². The van der Waals surface area contributed by atoms with E-state index in [1.807, 2.05) is 53.2 Å². The average Bonchev–Trinajstić information content (AvgIpc) is 2.85. The molecule has 4 heteroatoms. The number of rotatable bonds is 4. The van der Waals surface area contributed by atoms with Gasteiger partial charge in [0.1, 0.15) is 0 Å². The van der Waals surface area contributed by atoms with Crippen LogP contribution in [0.4, 0.5) is 0 Å². The lowest BCUT2D eigenvalue weighted by Crippen LogP contribution is -2.05. The fraction of sp³-hybridized carbons (Fsp3) is 0.176. The summed E-state index contributed by atoms with van der Waals surface area (Å²) >= 11 is 2.22. The summed E-state index contributed by atoms with van der Waals surface area (Å²) in [6, 6.07) is 15.8. The number of hydrogen-bond acceptors (Lipinski definition) is 2. The van der Waals surface area contributed by atoms with Crippen LogP contribution < -0.4 is 0 Å². The van der Waals surface area contributed by atoms with Crippen molar-refractivity contribution in [3.63, 3.8) is 0 Å². The van der Waals surface area contributed by atoms with E-state index in [2.05, 4.69) is 34.6 Å². The number of hydrogen-bond donors (Lipinski definition) is 0. The van der Waals surface area contributed by atoms with E-state index in [1.54, 1.807) is 0 Å². The lowest BCUT2D eigenvalue weighted by molar-refractivity contribution is 0.0992. The van der Waals surface area contributed by atoms with Crippen LogP contribution in [0.5, 0.6) is 0 Å². The zero-order valence-corrected chi connectivity index (χ0v) is 13.9. The van der Waals surface area contributed by atoms with E-state index in [-0.39, 0.29) is 5.78 Å². The van der Waals surface area contributed by atoms with E-state index >= 15 is 0 Å². The van der Waals surface area contributed by atoms with Crippen LogP contribution in [0.15, 0.2) is 48.5 Å². The second kappa shape index (κ2) is 5.97. The van der Waals surface area contributed by atoms with Gasteiger partial charge >= 0.3 is 0 Å². The lowest BCUT2D eigenvalue weighted by Gasteiger charge is -2.00. The minimum atomic E-state index is 0.111. The number of carbonyl (C=O) groups excluding carboxylic acids is 1. The number of benzene rings is 2. The van der Waals surface area contributed by atoms with Gasteiger partial charge < -0.3 is 0 Å². The Kier molecular flexibility index (Phi) is 4.05. The van der Waals surface area contributed by atoms with Crippen molar-refractivity contribution in [2.75, 3.05) is 0 Å². The molecule has 21 heavy (non-hydrogen) atoms. The molecule has 0 saturated carbocycles. The summed E-state index contributed by atoms with van der Waals surface area (Å²) in [5.41, 5.74) is 2.69. The quantitative estimate of drug-likeness (QED) is 0.497.